The number of nitrogens with zero attached hydrogens (tertiary/aromatic N) is 3. The van der Waals surface area contributed by atoms with Crippen LogP contribution in [-0.4, -0.2) is 15.4 Å². The van der Waals surface area contributed by atoms with Gasteiger partial charge in [-0.25, -0.2) is 0 Å². The van der Waals surface area contributed by atoms with Gasteiger partial charge in [0.15, 0.2) is 11.1 Å². The first-order valence-electron chi connectivity index (χ1n) is 3.47. The van der Waals surface area contributed by atoms with Gasteiger partial charge in [0.25, 0.3) is 0 Å². The first kappa shape index (κ1) is 6.27. The maximum Gasteiger partial charge on any atom is 0.190 e. The fourth-order valence-corrected chi connectivity index (χ4v) is 0.920. The van der Waals surface area contributed by atoms with Gasteiger partial charge in [-0.1, -0.05) is 6.92 Å². The van der Waals surface area contributed by atoms with Crippen molar-refractivity contribution < 1.29 is 4.52 Å². The van der Waals surface area contributed by atoms with Crippen molar-refractivity contribution in [2.75, 3.05) is 0 Å². The van der Waals surface area contributed by atoms with Crippen molar-refractivity contribution in [1.29, 1.82) is 0 Å². The molecule has 0 bridgehead atoms. The molecular formula is C7H7N3O. The Morgan fingerprint density at radius 1 is 1.55 bits per heavy atom. The van der Waals surface area contributed by atoms with Gasteiger partial charge in [-0.2, -0.15) is 0 Å². The molecule has 0 radical (unpaired) electrons. The van der Waals surface area contributed by atoms with Gasteiger partial charge in [0.05, 0.1) is 6.20 Å². The van der Waals surface area contributed by atoms with Gasteiger partial charge in [0.1, 0.15) is 0 Å². The van der Waals surface area contributed by atoms with Crippen molar-refractivity contribution in [1.82, 2.24) is 15.4 Å². The summed E-state index contributed by atoms with van der Waals surface area (Å²) >= 11 is 0. The minimum atomic E-state index is 0.705. The van der Waals surface area contributed by atoms with Crippen LogP contribution in [0.4, 0.5) is 0 Å². The molecule has 0 amide bonds. The minimum Gasteiger partial charge on any atom is -0.337 e. The Bertz CT molecular complexity index is 368. The molecular weight excluding hydrogens is 142 g/mol. The fourth-order valence-electron chi connectivity index (χ4n) is 0.920. The second kappa shape index (κ2) is 2.30. The van der Waals surface area contributed by atoms with E-state index in [1.165, 1.54) is 0 Å². The highest BCUT2D eigenvalue weighted by Crippen LogP contribution is 2.09. The van der Waals surface area contributed by atoms with Crippen LogP contribution in [0.25, 0.3) is 11.1 Å². The van der Waals surface area contributed by atoms with E-state index in [1.54, 1.807) is 6.20 Å². The highest BCUT2D eigenvalue weighted by molar-refractivity contribution is 5.70. The zero-order valence-electron chi connectivity index (χ0n) is 6.11. The van der Waals surface area contributed by atoms with Crippen molar-refractivity contribution in [2.24, 2.45) is 0 Å². The summed E-state index contributed by atoms with van der Waals surface area (Å²) in [6.45, 7) is 2.04. The van der Waals surface area contributed by atoms with Crippen molar-refractivity contribution in [3.8, 4) is 0 Å². The van der Waals surface area contributed by atoms with Crippen molar-refractivity contribution in [3.63, 3.8) is 0 Å². The molecule has 56 valence electrons. The van der Waals surface area contributed by atoms with Gasteiger partial charge >= 0.3 is 0 Å². The maximum atomic E-state index is 4.86. The summed E-state index contributed by atoms with van der Waals surface area (Å²) in [6.07, 6.45) is 2.57. The van der Waals surface area contributed by atoms with Crippen LogP contribution < -0.4 is 0 Å². The molecule has 0 atom stereocenters. The van der Waals surface area contributed by atoms with Crippen molar-refractivity contribution in [3.05, 3.63) is 18.0 Å². The molecule has 4 nitrogen and oxygen atoms in total. The van der Waals surface area contributed by atoms with Crippen LogP contribution in [0, 0.1) is 0 Å². The highest BCUT2D eigenvalue weighted by atomic mass is 16.5. The normalized spacial score (nSPS) is 10.6. The lowest BCUT2D eigenvalue weighted by molar-refractivity contribution is 0.424. The molecule has 0 saturated carbocycles. The van der Waals surface area contributed by atoms with Crippen LogP contribution in [0.5, 0.6) is 0 Å². The lowest BCUT2D eigenvalue weighted by Crippen LogP contribution is -1.84. The van der Waals surface area contributed by atoms with E-state index in [0.717, 1.165) is 12.1 Å². The third kappa shape index (κ3) is 0.960. The summed E-state index contributed by atoms with van der Waals surface area (Å²) in [5, 5.41) is 7.13. The molecule has 0 spiro atoms. The molecule has 0 unspecified atom stereocenters. The van der Waals surface area contributed by atoms with Crippen molar-refractivity contribution >= 4 is 11.1 Å². The minimum absolute atomic E-state index is 0.705. The quantitative estimate of drug-likeness (QED) is 0.610. The summed E-state index contributed by atoms with van der Waals surface area (Å²) in [6, 6.07) is 1.86. The Labute approximate surface area is 63.2 Å². The lowest BCUT2D eigenvalue weighted by Gasteiger charge is -1.90. The molecule has 2 aromatic heterocycles. The molecule has 0 aliphatic heterocycles. The molecule has 0 aliphatic carbocycles. The second-order valence-corrected chi connectivity index (χ2v) is 2.27. The Hall–Kier alpha value is -1.45. The fraction of sp³-hybridized carbons (Fsp3) is 0.286. The van der Waals surface area contributed by atoms with E-state index in [0.29, 0.717) is 11.1 Å². The molecule has 0 aromatic carbocycles. The summed E-state index contributed by atoms with van der Waals surface area (Å²) in [5.74, 6) is 0. The molecule has 2 rings (SSSR count). The number of aromatic nitrogens is 3. The molecule has 0 saturated heterocycles. The summed E-state index contributed by atoms with van der Waals surface area (Å²) in [7, 11) is 0. The van der Waals surface area contributed by atoms with Crippen LogP contribution in [0.3, 0.4) is 0 Å². The van der Waals surface area contributed by atoms with Gasteiger partial charge in [0.2, 0.25) is 0 Å². The third-order valence-corrected chi connectivity index (χ3v) is 1.55. The first-order chi connectivity index (χ1) is 5.40. The second-order valence-electron chi connectivity index (χ2n) is 2.27. The van der Waals surface area contributed by atoms with E-state index in [9.17, 15) is 0 Å². The summed E-state index contributed by atoms with van der Waals surface area (Å²) in [4.78, 5) is 4.14. The smallest absolute Gasteiger partial charge is 0.190 e. The first-order valence-corrected chi connectivity index (χ1v) is 3.47. The van der Waals surface area contributed by atoms with Gasteiger partial charge < -0.3 is 4.52 Å². The molecule has 2 heterocycles. The van der Waals surface area contributed by atoms with Crippen LogP contribution in [-0.2, 0) is 6.42 Å². The Balaban J connectivity index is 2.67. The average Bonchev–Trinajstić information content (AvgIpc) is 2.50. The van der Waals surface area contributed by atoms with E-state index in [4.69, 9.17) is 4.52 Å². The van der Waals surface area contributed by atoms with Gasteiger partial charge in [-0.05, 0) is 6.42 Å². The molecule has 11 heavy (non-hydrogen) atoms. The number of hydrogen-bond acceptors (Lipinski definition) is 4. The van der Waals surface area contributed by atoms with Crippen LogP contribution in [0.15, 0.2) is 16.8 Å². The molecule has 0 aliphatic rings. The number of aryl methyl sites for hydroxylation is 1. The van der Waals surface area contributed by atoms with E-state index in [1.807, 2.05) is 13.0 Å². The predicted octanol–water partition coefficient (Wildman–Crippen LogP) is 1.18. The number of hydrogen-bond donors (Lipinski definition) is 0. The standard InChI is InChI=1S/C7H7N3O/c1-2-5-3-7-6(4-8-5)9-10-11-7/h3-4H,2H2,1H3. The van der Waals surface area contributed by atoms with Crippen LogP contribution in [0.1, 0.15) is 12.6 Å². The Kier molecular flexibility index (Phi) is 1.31. The predicted molar refractivity (Wildman–Crippen MR) is 39.0 cm³/mol. The van der Waals surface area contributed by atoms with E-state index < -0.39 is 0 Å². The largest absolute Gasteiger partial charge is 0.337 e. The Morgan fingerprint density at radius 3 is 3.27 bits per heavy atom. The van der Waals surface area contributed by atoms with Gasteiger partial charge in [0, 0.05) is 17.0 Å². The van der Waals surface area contributed by atoms with Gasteiger partial charge in [-0.3, -0.25) is 4.98 Å². The summed E-state index contributed by atoms with van der Waals surface area (Å²) < 4.78 is 4.86. The van der Waals surface area contributed by atoms with Crippen molar-refractivity contribution in [2.45, 2.75) is 13.3 Å². The van der Waals surface area contributed by atoms with Crippen LogP contribution >= 0.6 is 0 Å². The van der Waals surface area contributed by atoms with E-state index >= 15 is 0 Å². The topological polar surface area (TPSA) is 51.8 Å². The SMILES string of the molecule is CCc1cc2onnc2cn1. The highest BCUT2D eigenvalue weighted by Gasteiger charge is 2.00. The monoisotopic (exact) mass is 149 g/mol. The maximum absolute atomic E-state index is 4.86. The van der Waals surface area contributed by atoms with Crippen LogP contribution in [0.2, 0.25) is 0 Å². The number of fused-ring (bicyclic) bond motifs is 1. The third-order valence-electron chi connectivity index (χ3n) is 1.55. The Morgan fingerprint density at radius 2 is 2.45 bits per heavy atom. The molecule has 4 heteroatoms. The van der Waals surface area contributed by atoms with E-state index in [2.05, 4.69) is 15.4 Å². The molecule has 0 fully saturated rings. The molecule has 2 aromatic rings. The zero-order chi connectivity index (χ0) is 7.68. The number of pyridine rings is 1. The number of rotatable bonds is 1. The van der Waals surface area contributed by atoms with E-state index in [-0.39, 0.29) is 0 Å². The lowest BCUT2D eigenvalue weighted by atomic mass is 10.3. The summed E-state index contributed by atoms with van der Waals surface area (Å²) in [5.41, 5.74) is 2.41. The van der Waals surface area contributed by atoms with Gasteiger partial charge in [-0.15, -0.1) is 5.10 Å². The average molecular weight is 149 g/mol. The molecule has 0 N–H and O–H groups in total. The zero-order valence-corrected chi connectivity index (χ0v) is 6.11.